The van der Waals surface area contributed by atoms with Crippen LogP contribution in [0.25, 0.3) is 21.6 Å². The lowest BCUT2D eigenvalue weighted by Crippen LogP contribution is -2.26. The highest BCUT2D eigenvalue weighted by atomic mass is 32.2. The highest BCUT2D eigenvalue weighted by Gasteiger charge is 2.24. The molecule has 4 aromatic rings. The number of thiazole rings is 1. The molecule has 0 radical (unpaired) electrons. The van der Waals surface area contributed by atoms with E-state index in [0.717, 1.165) is 5.39 Å². The summed E-state index contributed by atoms with van der Waals surface area (Å²) in [5, 5.41) is 12.1. The molecule has 0 spiro atoms. The van der Waals surface area contributed by atoms with Gasteiger partial charge in [-0.2, -0.15) is 0 Å². The van der Waals surface area contributed by atoms with E-state index in [4.69, 9.17) is 5.11 Å². The number of nitrogens with one attached hydrogen (secondary N) is 1. The minimum Gasteiger partial charge on any atom is -0.481 e. The fraction of sp³-hybridized carbons (Fsp3) is 0.111. The molecule has 4 rings (SSSR count). The van der Waals surface area contributed by atoms with Crippen LogP contribution in [0.15, 0.2) is 52.2 Å². The number of para-hydroxylation sites is 1. The van der Waals surface area contributed by atoms with Gasteiger partial charge in [-0.1, -0.05) is 18.2 Å². The summed E-state index contributed by atoms with van der Waals surface area (Å²) in [7, 11) is -2.12. The molecule has 0 saturated heterocycles. The van der Waals surface area contributed by atoms with E-state index in [1.807, 2.05) is 12.1 Å². The van der Waals surface area contributed by atoms with Gasteiger partial charge in [-0.05, 0) is 23.6 Å². The molecule has 144 valence electrons. The Morgan fingerprint density at radius 1 is 1.29 bits per heavy atom. The number of aromatic nitrogens is 2. The van der Waals surface area contributed by atoms with E-state index in [9.17, 15) is 13.2 Å². The largest absolute Gasteiger partial charge is 0.481 e. The van der Waals surface area contributed by atoms with Crippen molar-refractivity contribution in [3.05, 3.63) is 52.9 Å². The topological polar surface area (TPSA) is 103 Å². The van der Waals surface area contributed by atoms with Gasteiger partial charge in [0.15, 0.2) is 0 Å². The van der Waals surface area contributed by atoms with Gasteiger partial charge in [0.05, 0.1) is 23.3 Å². The van der Waals surface area contributed by atoms with Gasteiger partial charge in [-0.3, -0.25) is 9.10 Å². The van der Waals surface area contributed by atoms with E-state index in [2.05, 4.69) is 9.97 Å². The zero-order chi connectivity index (χ0) is 19.9. The maximum absolute atomic E-state index is 12.9. The van der Waals surface area contributed by atoms with E-state index >= 15 is 0 Å². The predicted molar refractivity (Wildman–Crippen MR) is 111 cm³/mol. The first-order valence-corrected chi connectivity index (χ1v) is 11.3. The summed E-state index contributed by atoms with van der Waals surface area (Å²) in [6, 6.07) is 10.6. The van der Waals surface area contributed by atoms with Crippen LogP contribution in [0.5, 0.6) is 0 Å². The Hall–Kier alpha value is -2.69. The smallest absolute Gasteiger partial charge is 0.308 e. The van der Waals surface area contributed by atoms with Crippen LogP contribution in [0.2, 0.25) is 0 Å². The summed E-state index contributed by atoms with van der Waals surface area (Å²) in [5.41, 5.74) is 1.92. The van der Waals surface area contributed by atoms with Crippen molar-refractivity contribution in [3.8, 4) is 10.7 Å². The zero-order valence-electron chi connectivity index (χ0n) is 14.6. The van der Waals surface area contributed by atoms with Gasteiger partial charge in [0.1, 0.15) is 9.22 Å². The van der Waals surface area contributed by atoms with Crippen molar-refractivity contribution in [2.24, 2.45) is 0 Å². The molecule has 0 amide bonds. The average molecular weight is 434 g/mol. The lowest BCUT2D eigenvalue weighted by Gasteiger charge is -2.19. The van der Waals surface area contributed by atoms with Gasteiger partial charge < -0.3 is 10.1 Å². The number of sulfonamides is 1. The van der Waals surface area contributed by atoms with E-state index < -0.39 is 16.0 Å². The van der Waals surface area contributed by atoms with Crippen molar-refractivity contribution in [2.75, 3.05) is 11.4 Å². The number of carbonyl (C=O) groups is 1. The van der Waals surface area contributed by atoms with E-state index in [1.165, 1.54) is 34.0 Å². The van der Waals surface area contributed by atoms with Crippen LogP contribution in [-0.4, -0.2) is 36.5 Å². The lowest BCUT2D eigenvalue weighted by atomic mass is 10.2. The summed E-state index contributed by atoms with van der Waals surface area (Å²) >= 11 is 2.47. The summed E-state index contributed by atoms with van der Waals surface area (Å²) in [4.78, 5) is 19.1. The highest BCUT2D eigenvalue weighted by Crippen LogP contribution is 2.34. The maximum atomic E-state index is 12.9. The third-order valence-electron chi connectivity index (χ3n) is 4.19. The number of hydrogen-bond acceptors (Lipinski definition) is 6. The second-order valence-corrected chi connectivity index (χ2v) is 10.3. The van der Waals surface area contributed by atoms with Crippen LogP contribution >= 0.6 is 22.7 Å². The van der Waals surface area contributed by atoms with E-state index in [1.54, 1.807) is 35.8 Å². The quantitative estimate of drug-likeness (QED) is 0.481. The number of carboxylic acid groups (broad SMARTS) is 1. The highest BCUT2D eigenvalue weighted by molar-refractivity contribution is 7.94. The fourth-order valence-corrected chi connectivity index (χ4v) is 6.10. The number of aliphatic carboxylic acids is 1. The normalized spacial score (nSPS) is 11.8. The number of carboxylic acids is 1. The molecule has 1 aromatic carbocycles. The summed E-state index contributed by atoms with van der Waals surface area (Å²) in [6.45, 7) is 0. The molecule has 10 heteroatoms. The van der Waals surface area contributed by atoms with Crippen LogP contribution in [-0.2, 0) is 21.2 Å². The van der Waals surface area contributed by atoms with Crippen LogP contribution in [0.4, 0.5) is 5.69 Å². The number of aromatic amines is 1. The van der Waals surface area contributed by atoms with Crippen LogP contribution in [0.3, 0.4) is 0 Å². The Kier molecular flexibility index (Phi) is 4.69. The molecule has 0 bridgehead atoms. The number of H-pyrrole nitrogens is 1. The van der Waals surface area contributed by atoms with Crippen LogP contribution < -0.4 is 4.31 Å². The summed E-state index contributed by atoms with van der Waals surface area (Å²) < 4.78 is 27.3. The molecular formula is C18H15N3O4S3. The first-order valence-electron chi connectivity index (χ1n) is 8.17. The second-order valence-electron chi connectivity index (χ2n) is 6.03. The van der Waals surface area contributed by atoms with Crippen molar-refractivity contribution < 1.29 is 18.3 Å². The van der Waals surface area contributed by atoms with Gasteiger partial charge in [0.25, 0.3) is 10.0 Å². The molecule has 0 aliphatic carbocycles. The molecule has 3 heterocycles. The molecule has 0 fully saturated rings. The van der Waals surface area contributed by atoms with Gasteiger partial charge in [-0.25, -0.2) is 13.4 Å². The molecule has 2 N–H and O–H groups in total. The molecular weight excluding hydrogens is 418 g/mol. The minimum absolute atomic E-state index is 0.0784. The van der Waals surface area contributed by atoms with Crippen molar-refractivity contribution >= 4 is 55.3 Å². The van der Waals surface area contributed by atoms with E-state index in [0.29, 0.717) is 26.8 Å². The standard InChI is InChI=1S/C18H15N3O4S3/c1-21(28(24,25)16-6-3-7-26-16)14-5-2-4-11-8-13(20-17(11)14)18-19-10-12(27-18)9-15(22)23/h2-8,10,20H,9H2,1H3,(H,22,23). The predicted octanol–water partition coefficient (Wildman–Crippen LogP) is 3.81. The Morgan fingerprint density at radius 3 is 2.82 bits per heavy atom. The first-order chi connectivity index (χ1) is 13.4. The average Bonchev–Trinajstić information content (AvgIpc) is 3.39. The number of nitrogens with zero attached hydrogens (tertiary/aromatic N) is 2. The lowest BCUT2D eigenvalue weighted by molar-refractivity contribution is -0.136. The Labute approximate surface area is 169 Å². The van der Waals surface area contributed by atoms with Gasteiger partial charge in [0.2, 0.25) is 0 Å². The number of fused-ring (bicyclic) bond motifs is 1. The molecule has 3 aromatic heterocycles. The van der Waals surface area contributed by atoms with Crippen LogP contribution in [0.1, 0.15) is 4.88 Å². The first kappa shape index (κ1) is 18.7. The maximum Gasteiger partial charge on any atom is 0.308 e. The van der Waals surface area contributed by atoms with Gasteiger partial charge in [-0.15, -0.1) is 22.7 Å². The van der Waals surface area contributed by atoms with Gasteiger partial charge in [0, 0.05) is 23.5 Å². The molecule has 7 nitrogen and oxygen atoms in total. The Bertz CT molecular complexity index is 1260. The summed E-state index contributed by atoms with van der Waals surface area (Å²) in [6.07, 6.45) is 1.47. The molecule has 0 atom stereocenters. The monoisotopic (exact) mass is 433 g/mol. The molecule has 0 unspecified atom stereocenters. The van der Waals surface area contributed by atoms with Crippen molar-refractivity contribution in [1.29, 1.82) is 0 Å². The number of rotatable bonds is 6. The Balaban J connectivity index is 1.75. The number of anilines is 1. The number of benzene rings is 1. The SMILES string of the molecule is CN(c1cccc2cc(-c3ncc(CC(=O)O)s3)[nH]c12)S(=O)(=O)c1cccs1. The molecule has 28 heavy (non-hydrogen) atoms. The van der Waals surface area contributed by atoms with Crippen LogP contribution in [0, 0.1) is 0 Å². The van der Waals surface area contributed by atoms with Crippen molar-refractivity contribution in [1.82, 2.24) is 9.97 Å². The zero-order valence-corrected chi connectivity index (χ0v) is 17.1. The second kappa shape index (κ2) is 7.04. The third-order valence-corrected chi connectivity index (χ3v) is 8.37. The van der Waals surface area contributed by atoms with Crippen molar-refractivity contribution in [3.63, 3.8) is 0 Å². The number of thiophene rings is 1. The molecule has 0 aliphatic heterocycles. The molecule has 0 saturated carbocycles. The summed E-state index contributed by atoms with van der Waals surface area (Å²) in [5.74, 6) is -0.908. The minimum atomic E-state index is -3.65. The van der Waals surface area contributed by atoms with Gasteiger partial charge >= 0.3 is 5.97 Å². The van der Waals surface area contributed by atoms with Crippen molar-refractivity contribution in [2.45, 2.75) is 10.6 Å². The Morgan fingerprint density at radius 2 is 2.11 bits per heavy atom. The number of hydrogen-bond donors (Lipinski definition) is 2. The fourth-order valence-electron chi connectivity index (χ4n) is 2.86. The third kappa shape index (κ3) is 3.30. The molecule has 0 aliphatic rings. The van der Waals surface area contributed by atoms with E-state index in [-0.39, 0.29) is 10.6 Å².